The first kappa shape index (κ1) is 17.9. The second-order valence-electron chi connectivity index (χ2n) is 6.85. The van der Waals surface area contributed by atoms with Gasteiger partial charge in [-0.1, -0.05) is 18.2 Å². The molecule has 1 saturated heterocycles. The van der Waals surface area contributed by atoms with Crippen molar-refractivity contribution in [3.63, 3.8) is 0 Å². The molecule has 7 nitrogen and oxygen atoms in total. The maximum atomic E-state index is 12.5. The molecule has 0 unspecified atom stereocenters. The van der Waals surface area contributed by atoms with Gasteiger partial charge in [0.2, 0.25) is 5.91 Å². The Kier molecular flexibility index (Phi) is 5.10. The lowest BCUT2D eigenvalue weighted by molar-refractivity contribution is -0.141. The van der Waals surface area contributed by atoms with E-state index in [2.05, 4.69) is 10.0 Å². The van der Waals surface area contributed by atoms with Gasteiger partial charge in [-0.05, 0) is 56.2 Å². The average molecular weight is 366 g/mol. The first-order valence-corrected chi connectivity index (χ1v) is 9.93. The van der Waals surface area contributed by atoms with Crippen molar-refractivity contribution in [2.24, 2.45) is 17.8 Å². The largest absolute Gasteiger partial charge is 0.480 e. The van der Waals surface area contributed by atoms with E-state index in [4.69, 9.17) is 5.11 Å². The molecule has 1 amide bonds. The highest BCUT2D eigenvalue weighted by Crippen LogP contribution is 2.38. The molecule has 1 aliphatic heterocycles. The number of carbonyl (C=O) groups excluding carboxylic acids is 1. The molecule has 3 rings (SSSR count). The molecule has 8 heteroatoms. The summed E-state index contributed by atoms with van der Waals surface area (Å²) in [5.41, 5.74) is 0. The zero-order valence-electron chi connectivity index (χ0n) is 13.7. The van der Waals surface area contributed by atoms with Crippen LogP contribution in [0, 0.1) is 17.8 Å². The van der Waals surface area contributed by atoms with Gasteiger partial charge in [-0.25, -0.2) is 13.1 Å². The predicted molar refractivity (Wildman–Crippen MR) is 90.1 cm³/mol. The summed E-state index contributed by atoms with van der Waals surface area (Å²) in [6.45, 7) is 0.637. The molecule has 1 saturated carbocycles. The zero-order valence-corrected chi connectivity index (χ0v) is 14.5. The van der Waals surface area contributed by atoms with Crippen LogP contribution in [0.2, 0.25) is 0 Å². The number of amides is 1. The first-order chi connectivity index (χ1) is 11.9. The molecule has 0 aromatic heterocycles. The molecule has 0 spiro atoms. The van der Waals surface area contributed by atoms with E-state index < -0.39 is 33.9 Å². The van der Waals surface area contributed by atoms with Crippen molar-refractivity contribution >= 4 is 21.9 Å². The SMILES string of the molecule is O=C(NS(=O)(=O)c1ccccc1)[C@@H]1CC[C@@H]2CN[C@@H](C(=O)O)C[C@@H]2C1. The summed E-state index contributed by atoms with van der Waals surface area (Å²) in [6, 6.07) is 7.21. The number of carbonyl (C=O) groups is 2. The maximum Gasteiger partial charge on any atom is 0.320 e. The highest BCUT2D eigenvalue weighted by atomic mass is 32.2. The van der Waals surface area contributed by atoms with Crippen LogP contribution in [0.15, 0.2) is 35.2 Å². The third-order valence-electron chi connectivity index (χ3n) is 5.26. The molecule has 1 aliphatic carbocycles. The Morgan fingerprint density at radius 2 is 1.80 bits per heavy atom. The fourth-order valence-electron chi connectivity index (χ4n) is 3.86. The summed E-state index contributed by atoms with van der Waals surface area (Å²) in [6.07, 6.45) is 2.44. The smallest absolute Gasteiger partial charge is 0.320 e. The van der Waals surface area contributed by atoms with E-state index in [1.807, 2.05) is 0 Å². The molecule has 136 valence electrons. The van der Waals surface area contributed by atoms with Crippen molar-refractivity contribution in [1.82, 2.24) is 10.0 Å². The molecular weight excluding hydrogens is 344 g/mol. The highest BCUT2D eigenvalue weighted by molar-refractivity contribution is 7.90. The fraction of sp³-hybridized carbons (Fsp3) is 0.529. The van der Waals surface area contributed by atoms with Crippen LogP contribution >= 0.6 is 0 Å². The summed E-state index contributed by atoms with van der Waals surface area (Å²) < 4.78 is 26.8. The predicted octanol–water partition coefficient (Wildman–Crippen LogP) is 0.970. The van der Waals surface area contributed by atoms with E-state index in [-0.39, 0.29) is 10.8 Å². The Morgan fingerprint density at radius 3 is 2.48 bits per heavy atom. The molecule has 1 aromatic rings. The third kappa shape index (κ3) is 4.01. The summed E-state index contributed by atoms with van der Waals surface area (Å²) in [4.78, 5) is 23.7. The zero-order chi connectivity index (χ0) is 18.0. The van der Waals surface area contributed by atoms with Crippen LogP contribution in [-0.4, -0.2) is 38.0 Å². The van der Waals surface area contributed by atoms with Crippen LogP contribution < -0.4 is 10.0 Å². The van der Waals surface area contributed by atoms with Crippen molar-refractivity contribution in [2.45, 2.75) is 36.6 Å². The Hall–Kier alpha value is -1.93. The number of nitrogens with one attached hydrogen (secondary N) is 2. The van der Waals surface area contributed by atoms with Gasteiger partial charge in [-0.3, -0.25) is 9.59 Å². The number of rotatable bonds is 4. The van der Waals surface area contributed by atoms with Gasteiger partial charge in [-0.2, -0.15) is 0 Å². The van der Waals surface area contributed by atoms with Gasteiger partial charge in [0.05, 0.1) is 4.90 Å². The van der Waals surface area contributed by atoms with E-state index in [9.17, 15) is 18.0 Å². The van der Waals surface area contributed by atoms with E-state index in [0.29, 0.717) is 31.7 Å². The van der Waals surface area contributed by atoms with E-state index in [1.54, 1.807) is 18.2 Å². The van der Waals surface area contributed by atoms with Gasteiger partial charge >= 0.3 is 5.97 Å². The van der Waals surface area contributed by atoms with Crippen LogP contribution in [0.1, 0.15) is 25.7 Å². The van der Waals surface area contributed by atoms with Gasteiger partial charge in [0.1, 0.15) is 6.04 Å². The van der Waals surface area contributed by atoms with Crippen molar-refractivity contribution in [2.75, 3.05) is 6.54 Å². The lowest BCUT2D eigenvalue weighted by Crippen LogP contribution is -2.50. The number of hydrogen-bond acceptors (Lipinski definition) is 5. The van der Waals surface area contributed by atoms with E-state index in [0.717, 1.165) is 6.42 Å². The lowest BCUT2D eigenvalue weighted by Gasteiger charge is -2.41. The first-order valence-electron chi connectivity index (χ1n) is 8.44. The Labute approximate surface area is 146 Å². The minimum absolute atomic E-state index is 0.0600. The van der Waals surface area contributed by atoms with Gasteiger partial charge in [-0.15, -0.1) is 0 Å². The van der Waals surface area contributed by atoms with Crippen LogP contribution in [-0.2, 0) is 19.6 Å². The van der Waals surface area contributed by atoms with Crippen LogP contribution in [0.5, 0.6) is 0 Å². The lowest BCUT2D eigenvalue weighted by atomic mass is 9.69. The number of carboxylic acids is 1. The minimum Gasteiger partial charge on any atom is -0.480 e. The third-order valence-corrected chi connectivity index (χ3v) is 6.62. The Balaban J connectivity index is 1.64. The average Bonchev–Trinajstić information content (AvgIpc) is 2.61. The van der Waals surface area contributed by atoms with Gasteiger partial charge in [0, 0.05) is 5.92 Å². The standard InChI is InChI=1S/C17H22N2O5S/c20-16(19-25(23,24)14-4-2-1-3-5-14)11-6-7-12-10-18-15(17(21)22)9-13(12)8-11/h1-5,11-13,15,18H,6-10H2,(H,19,20)(H,21,22)/t11-,12-,13+,15-/m1/s1. The second-order valence-corrected chi connectivity index (χ2v) is 8.53. The summed E-state index contributed by atoms with van der Waals surface area (Å²) >= 11 is 0. The number of fused-ring (bicyclic) bond motifs is 1. The monoisotopic (exact) mass is 366 g/mol. The number of aliphatic carboxylic acids is 1. The number of piperidine rings is 1. The number of carboxylic acid groups (broad SMARTS) is 1. The minimum atomic E-state index is -3.87. The van der Waals surface area contributed by atoms with Crippen LogP contribution in [0.25, 0.3) is 0 Å². The van der Waals surface area contributed by atoms with Crippen LogP contribution in [0.3, 0.4) is 0 Å². The molecule has 1 heterocycles. The summed E-state index contributed by atoms with van der Waals surface area (Å²) in [5, 5.41) is 12.2. The van der Waals surface area contributed by atoms with E-state index >= 15 is 0 Å². The number of sulfonamides is 1. The van der Waals surface area contributed by atoms with Gasteiger partial charge in [0.15, 0.2) is 0 Å². The van der Waals surface area contributed by atoms with Crippen molar-refractivity contribution in [1.29, 1.82) is 0 Å². The number of hydrogen-bond donors (Lipinski definition) is 3. The second kappa shape index (κ2) is 7.13. The summed E-state index contributed by atoms with van der Waals surface area (Å²) in [7, 11) is -3.87. The van der Waals surface area contributed by atoms with E-state index in [1.165, 1.54) is 12.1 Å². The Bertz CT molecular complexity index is 750. The normalized spacial score (nSPS) is 29.4. The van der Waals surface area contributed by atoms with Gasteiger partial charge in [0.25, 0.3) is 10.0 Å². The molecule has 3 N–H and O–H groups in total. The molecule has 0 bridgehead atoms. The fourth-order valence-corrected chi connectivity index (χ4v) is 4.93. The van der Waals surface area contributed by atoms with Gasteiger partial charge < -0.3 is 10.4 Å². The molecule has 0 radical (unpaired) electrons. The number of benzene rings is 1. The maximum absolute atomic E-state index is 12.5. The van der Waals surface area contributed by atoms with Crippen LogP contribution in [0.4, 0.5) is 0 Å². The molecule has 4 atom stereocenters. The molecule has 2 fully saturated rings. The molecule has 2 aliphatic rings. The topological polar surface area (TPSA) is 113 Å². The molecule has 25 heavy (non-hydrogen) atoms. The van der Waals surface area contributed by atoms with Crippen molar-refractivity contribution in [3.8, 4) is 0 Å². The Morgan fingerprint density at radius 1 is 1.08 bits per heavy atom. The van der Waals surface area contributed by atoms with Crippen molar-refractivity contribution in [3.05, 3.63) is 30.3 Å². The summed E-state index contributed by atoms with van der Waals surface area (Å²) in [5.74, 6) is -1.28. The quantitative estimate of drug-likeness (QED) is 0.732. The highest BCUT2D eigenvalue weighted by Gasteiger charge is 2.40. The molecule has 1 aromatic carbocycles. The van der Waals surface area contributed by atoms with Crippen molar-refractivity contribution < 1.29 is 23.1 Å². The molecular formula is C17H22N2O5S.